The Morgan fingerprint density at radius 3 is 2.07 bits per heavy atom. The van der Waals surface area contributed by atoms with E-state index in [9.17, 15) is 17.6 Å². The Morgan fingerprint density at radius 2 is 1.40 bits per heavy atom. The third-order valence-electron chi connectivity index (χ3n) is 4.01. The summed E-state index contributed by atoms with van der Waals surface area (Å²) in [7, 11) is 0. The maximum absolute atomic E-state index is 13.4. The van der Waals surface area contributed by atoms with Gasteiger partial charge in [-0.1, -0.05) is 0 Å². The van der Waals surface area contributed by atoms with Crippen LogP contribution in [0.2, 0.25) is 0 Å². The Kier molecular flexibility index (Phi) is 5.09. The van der Waals surface area contributed by atoms with E-state index in [1.807, 2.05) is 0 Å². The zero-order valence-corrected chi connectivity index (χ0v) is 15.2. The number of rotatable bonds is 5. The van der Waals surface area contributed by atoms with Crippen molar-refractivity contribution in [1.82, 2.24) is 9.97 Å². The van der Waals surface area contributed by atoms with E-state index in [1.165, 1.54) is 42.7 Å². The summed E-state index contributed by atoms with van der Waals surface area (Å²) < 4.78 is 59.4. The minimum Gasteiger partial charge on any atom is -0.457 e. The van der Waals surface area contributed by atoms with Gasteiger partial charge >= 0.3 is 6.36 Å². The summed E-state index contributed by atoms with van der Waals surface area (Å²) in [5, 5.41) is 3.80. The van der Waals surface area contributed by atoms with E-state index in [-0.39, 0.29) is 11.6 Å². The first-order chi connectivity index (χ1) is 14.4. The monoisotopic (exact) mass is 415 g/mol. The van der Waals surface area contributed by atoms with E-state index in [0.29, 0.717) is 33.9 Å². The van der Waals surface area contributed by atoms with Crippen LogP contribution in [0.25, 0.3) is 10.9 Å². The van der Waals surface area contributed by atoms with Crippen LogP contribution in [0.4, 0.5) is 29.1 Å². The number of hydrogen-bond acceptors (Lipinski definition) is 5. The topological polar surface area (TPSA) is 56.3 Å². The highest BCUT2D eigenvalue weighted by molar-refractivity contribution is 5.90. The first kappa shape index (κ1) is 19.4. The molecule has 1 heterocycles. The number of ether oxygens (including phenoxy) is 2. The molecular formula is C21H13F4N3O2. The Hall–Kier alpha value is -3.88. The summed E-state index contributed by atoms with van der Waals surface area (Å²) in [4.78, 5) is 8.24. The molecule has 3 aromatic carbocycles. The predicted molar refractivity (Wildman–Crippen MR) is 102 cm³/mol. The van der Waals surface area contributed by atoms with Crippen LogP contribution in [-0.4, -0.2) is 16.3 Å². The van der Waals surface area contributed by atoms with Gasteiger partial charge in [-0.25, -0.2) is 14.4 Å². The zero-order chi connectivity index (χ0) is 21.1. The maximum atomic E-state index is 13.4. The van der Waals surface area contributed by atoms with E-state index in [4.69, 9.17) is 4.74 Å². The lowest BCUT2D eigenvalue weighted by atomic mass is 10.2. The average Bonchev–Trinajstić information content (AvgIpc) is 2.70. The van der Waals surface area contributed by atoms with Crippen molar-refractivity contribution in [3.63, 3.8) is 0 Å². The van der Waals surface area contributed by atoms with Gasteiger partial charge in [-0.05, 0) is 60.7 Å². The summed E-state index contributed by atoms with van der Waals surface area (Å²) in [5.41, 5.74) is 1.19. The molecule has 0 amide bonds. The first-order valence-corrected chi connectivity index (χ1v) is 8.67. The second-order valence-corrected chi connectivity index (χ2v) is 6.15. The molecule has 0 saturated heterocycles. The molecule has 0 saturated carbocycles. The molecule has 0 aliphatic rings. The fourth-order valence-electron chi connectivity index (χ4n) is 2.72. The van der Waals surface area contributed by atoms with Crippen molar-refractivity contribution < 1.29 is 27.0 Å². The van der Waals surface area contributed by atoms with Crippen LogP contribution in [-0.2, 0) is 0 Å². The Labute approximate surface area is 167 Å². The minimum absolute atomic E-state index is 0.327. The second-order valence-electron chi connectivity index (χ2n) is 6.15. The van der Waals surface area contributed by atoms with Gasteiger partial charge in [-0.2, -0.15) is 0 Å². The fraction of sp³-hybridized carbons (Fsp3) is 0.0476. The molecule has 0 bridgehead atoms. The van der Waals surface area contributed by atoms with Crippen LogP contribution in [0.3, 0.4) is 0 Å². The number of nitrogens with one attached hydrogen (secondary N) is 1. The Bertz CT molecular complexity index is 1160. The highest BCUT2D eigenvalue weighted by Gasteiger charge is 2.30. The van der Waals surface area contributed by atoms with Crippen LogP contribution in [0, 0.1) is 5.82 Å². The molecule has 0 fully saturated rings. The van der Waals surface area contributed by atoms with Crippen LogP contribution < -0.4 is 14.8 Å². The second kappa shape index (κ2) is 7.86. The summed E-state index contributed by atoms with van der Waals surface area (Å²) in [5.74, 6) is 0.653. The van der Waals surface area contributed by atoms with Gasteiger partial charge in [0, 0.05) is 17.1 Å². The molecule has 4 rings (SSSR count). The van der Waals surface area contributed by atoms with Gasteiger partial charge in [0.05, 0.1) is 5.52 Å². The van der Waals surface area contributed by atoms with E-state index in [2.05, 4.69) is 20.0 Å². The van der Waals surface area contributed by atoms with Gasteiger partial charge in [0.25, 0.3) is 0 Å². The van der Waals surface area contributed by atoms with E-state index < -0.39 is 6.36 Å². The number of hydrogen-bond donors (Lipinski definition) is 1. The molecule has 0 aliphatic heterocycles. The van der Waals surface area contributed by atoms with Crippen molar-refractivity contribution in [2.24, 2.45) is 0 Å². The van der Waals surface area contributed by atoms with Gasteiger partial charge in [-0.15, -0.1) is 13.2 Å². The summed E-state index contributed by atoms with van der Waals surface area (Å²) >= 11 is 0. The standard InChI is InChI=1S/C21H13F4N3O2/c22-13-1-10-18-19(11-13)26-12-27-20(18)28-14-2-4-15(5-3-14)29-16-6-8-17(9-7-16)30-21(23,24)25/h1-12H,(H,26,27,28). The summed E-state index contributed by atoms with van der Waals surface area (Å²) in [6, 6.07) is 16.2. The predicted octanol–water partition coefficient (Wildman–Crippen LogP) is 6.20. The number of fused-ring (bicyclic) bond motifs is 1. The van der Waals surface area contributed by atoms with E-state index in [0.717, 1.165) is 0 Å². The van der Waals surface area contributed by atoms with Crippen molar-refractivity contribution in [3.05, 3.63) is 78.9 Å². The SMILES string of the molecule is Fc1ccc2c(Nc3ccc(Oc4ccc(OC(F)(F)F)cc4)cc3)ncnc2c1. The molecule has 0 aliphatic carbocycles. The quantitative estimate of drug-likeness (QED) is 0.393. The highest BCUT2D eigenvalue weighted by Crippen LogP contribution is 2.29. The van der Waals surface area contributed by atoms with Crippen LogP contribution >= 0.6 is 0 Å². The molecule has 4 aromatic rings. The Balaban J connectivity index is 1.45. The zero-order valence-electron chi connectivity index (χ0n) is 15.2. The lowest BCUT2D eigenvalue weighted by Crippen LogP contribution is -2.16. The van der Waals surface area contributed by atoms with Crippen molar-refractivity contribution in [2.45, 2.75) is 6.36 Å². The third-order valence-corrected chi connectivity index (χ3v) is 4.01. The van der Waals surface area contributed by atoms with E-state index in [1.54, 1.807) is 30.3 Å². The van der Waals surface area contributed by atoms with Crippen molar-refractivity contribution >= 4 is 22.4 Å². The summed E-state index contributed by atoms with van der Waals surface area (Å²) in [6.45, 7) is 0. The fourth-order valence-corrected chi connectivity index (χ4v) is 2.72. The minimum atomic E-state index is -4.74. The molecule has 5 nitrogen and oxygen atoms in total. The molecular weight excluding hydrogens is 402 g/mol. The number of aromatic nitrogens is 2. The van der Waals surface area contributed by atoms with Gasteiger partial charge in [0.1, 0.15) is 35.2 Å². The first-order valence-electron chi connectivity index (χ1n) is 8.67. The lowest BCUT2D eigenvalue weighted by molar-refractivity contribution is -0.274. The van der Waals surface area contributed by atoms with Gasteiger partial charge in [0.15, 0.2) is 0 Å². The van der Waals surface area contributed by atoms with Gasteiger partial charge < -0.3 is 14.8 Å². The number of alkyl halides is 3. The maximum Gasteiger partial charge on any atom is 0.573 e. The van der Waals surface area contributed by atoms with Crippen molar-refractivity contribution in [3.8, 4) is 17.2 Å². The molecule has 1 N–H and O–H groups in total. The summed E-state index contributed by atoms with van der Waals surface area (Å²) in [6.07, 6.45) is -3.40. The molecule has 30 heavy (non-hydrogen) atoms. The average molecular weight is 415 g/mol. The number of benzene rings is 3. The van der Waals surface area contributed by atoms with Crippen LogP contribution in [0.1, 0.15) is 0 Å². The van der Waals surface area contributed by atoms with Gasteiger partial charge in [0.2, 0.25) is 0 Å². The molecule has 0 radical (unpaired) electrons. The lowest BCUT2D eigenvalue weighted by Gasteiger charge is -2.11. The number of halogens is 4. The third kappa shape index (κ3) is 4.75. The van der Waals surface area contributed by atoms with Crippen LogP contribution in [0.5, 0.6) is 17.2 Å². The number of anilines is 2. The molecule has 0 spiro atoms. The number of nitrogens with zero attached hydrogens (tertiary/aromatic N) is 2. The highest BCUT2D eigenvalue weighted by atomic mass is 19.4. The van der Waals surface area contributed by atoms with Crippen LogP contribution in [0.15, 0.2) is 73.1 Å². The van der Waals surface area contributed by atoms with Gasteiger partial charge in [-0.3, -0.25) is 0 Å². The van der Waals surface area contributed by atoms with E-state index >= 15 is 0 Å². The smallest absolute Gasteiger partial charge is 0.457 e. The normalized spacial score (nSPS) is 11.3. The molecule has 9 heteroatoms. The van der Waals surface area contributed by atoms with Crippen molar-refractivity contribution in [2.75, 3.05) is 5.32 Å². The van der Waals surface area contributed by atoms with Crippen molar-refractivity contribution in [1.29, 1.82) is 0 Å². The molecule has 0 atom stereocenters. The Morgan fingerprint density at radius 1 is 0.767 bits per heavy atom. The molecule has 0 unspecified atom stereocenters. The molecule has 1 aromatic heterocycles. The molecule has 152 valence electrons. The largest absolute Gasteiger partial charge is 0.573 e.